The molecule has 0 amide bonds. The van der Waals surface area contributed by atoms with Gasteiger partial charge >= 0.3 is 6.18 Å². The Morgan fingerprint density at radius 1 is 0.607 bits per heavy atom. The summed E-state index contributed by atoms with van der Waals surface area (Å²) in [6.07, 6.45) is 2.21. The molecule has 6 rings (SSSR count). The van der Waals surface area contributed by atoms with E-state index in [0.717, 1.165) is 29.3 Å². The molecule has 20 heteroatoms. The summed E-state index contributed by atoms with van der Waals surface area (Å²) in [5.74, 6) is 0.497. The first kappa shape index (κ1) is 42.3. The molecule has 0 aliphatic heterocycles. The first-order chi connectivity index (χ1) is 26.3. The summed E-state index contributed by atoms with van der Waals surface area (Å²) in [5, 5.41) is 0.626. The van der Waals surface area contributed by atoms with Gasteiger partial charge in [0.05, 0.1) is 27.5 Å². The highest BCUT2D eigenvalue weighted by Gasteiger charge is 2.35. The zero-order valence-electron chi connectivity index (χ0n) is 28.6. The van der Waals surface area contributed by atoms with Crippen molar-refractivity contribution in [1.82, 2.24) is 15.0 Å². The Labute approximate surface area is 339 Å². The standard InChI is InChI=1S/C18H10Cl3F3N2O3S.C18H16ClN3O3S/c19-10-1-4-17(15(21)6-10)30(27,28)26-12-2-3-16(14(7-12)18(22,23)24)29-13-5-11(20)8-25-9-13;1-12-3-6-18(21-9-12)26(23,24)22-15-4-5-17(13(2)7-15)25-16-8-14(19)10-20-11-16/h1-9,26H;3-11,22H,1-2H3. The predicted molar refractivity (Wildman–Crippen MR) is 208 cm³/mol. The monoisotopic (exact) mass is 885 g/mol. The summed E-state index contributed by atoms with van der Waals surface area (Å²) >= 11 is 23.3. The van der Waals surface area contributed by atoms with Gasteiger partial charge in [-0.3, -0.25) is 19.4 Å². The van der Waals surface area contributed by atoms with Crippen LogP contribution < -0.4 is 18.9 Å². The molecule has 0 aliphatic rings. The smallest absolute Gasteiger partial charge is 0.420 e. The lowest BCUT2D eigenvalue weighted by Crippen LogP contribution is -2.15. The maximum atomic E-state index is 13.5. The van der Waals surface area contributed by atoms with E-state index in [1.54, 1.807) is 36.5 Å². The van der Waals surface area contributed by atoms with Crippen molar-refractivity contribution >= 4 is 77.8 Å². The van der Waals surface area contributed by atoms with Crippen LogP contribution >= 0.6 is 46.4 Å². The molecule has 0 bridgehead atoms. The third-order valence-corrected chi connectivity index (χ3v) is 10.9. The molecule has 0 atom stereocenters. The van der Waals surface area contributed by atoms with E-state index < -0.39 is 37.5 Å². The van der Waals surface area contributed by atoms with Crippen LogP contribution in [-0.2, 0) is 26.2 Å². The number of ether oxygens (including phenoxy) is 2. The van der Waals surface area contributed by atoms with Crippen molar-refractivity contribution in [3.05, 3.63) is 147 Å². The topological polar surface area (TPSA) is 149 Å². The molecule has 0 fully saturated rings. The molecule has 0 spiro atoms. The second-order valence-electron chi connectivity index (χ2n) is 11.5. The number of halogens is 7. The van der Waals surface area contributed by atoms with Gasteiger partial charge in [0, 0.05) is 47.1 Å². The molecule has 3 aromatic carbocycles. The first-order valence-electron chi connectivity index (χ1n) is 15.6. The van der Waals surface area contributed by atoms with E-state index in [-0.39, 0.29) is 36.4 Å². The fourth-order valence-electron chi connectivity index (χ4n) is 4.61. The maximum absolute atomic E-state index is 13.5. The van der Waals surface area contributed by atoms with E-state index in [9.17, 15) is 30.0 Å². The molecule has 3 heterocycles. The maximum Gasteiger partial charge on any atom is 0.420 e. The molecule has 11 nitrogen and oxygen atoms in total. The molecule has 0 unspecified atom stereocenters. The van der Waals surface area contributed by atoms with Crippen LogP contribution in [0.2, 0.25) is 20.1 Å². The number of benzene rings is 3. The molecule has 0 saturated carbocycles. The Kier molecular flexibility index (Phi) is 13.2. The summed E-state index contributed by atoms with van der Waals surface area (Å²) < 4.78 is 106. The van der Waals surface area contributed by atoms with Crippen LogP contribution in [0, 0.1) is 13.8 Å². The minimum absolute atomic E-state index is 0.0192. The summed E-state index contributed by atoms with van der Waals surface area (Å²) in [6.45, 7) is 3.66. The van der Waals surface area contributed by atoms with Crippen molar-refractivity contribution in [1.29, 1.82) is 0 Å². The molecule has 0 radical (unpaired) electrons. The summed E-state index contributed by atoms with van der Waals surface area (Å²) in [5.41, 5.74) is 0.509. The lowest BCUT2D eigenvalue weighted by molar-refractivity contribution is -0.138. The Balaban J connectivity index is 0.000000216. The van der Waals surface area contributed by atoms with Crippen LogP contribution in [0.5, 0.6) is 23.0 Å². The van der Waals surface area contributed by atoms with E-state index in [1.807, 2.05) is 13.8 Å². The van der Waals surface area contributed by atoms with E-state index in [4.69, 9.17) is 55.9 Å². The van der Waals surface area contributed by atoms with Crippen LogP contribution in [0.4, 0.5) is 24.5 Å². The molecule has 56 heavy (non-hydrogen) atoms. The van der Waals surface area contributed by atoms with Gasteiger partial charge in [-0.15, -0.1) is 0 Å². The highest BCUT2D eigenvalue weighted by molar-refractivity contribution is 7.93. The van der Waals surface area contributed by atoms with Crippen molar-refractivity contribution in [2.24, 2.45) is 0 Å². The number of sulfonamides is 2. The highest BCUT2D eigenvalue weighted by atomic mass is 35.5. The molecule has 0 saturated heterocycles. The van der Waals surface area contributed by atoms with Crippen LogP contribution in [0.25, 0.3) is 0 Å². The second-order valence-corrected chi connectivity index (χ2v) is 16.5. The van der Waals surface area contributed by atoms with Gasteiger partial charge in [0.1, 0.15) is 33.5 Å². The molecular formula is C36H26Cl4F3N5O6S2. The van der Waals surface area contributed by atoms with Crippen LogP contribution in [0.3, 0.4) is 0 Å². The number of rotatable bonds is 10. The van der Waals surface area contributed by atoms with Gasteiger partial charge in [-0.25, -0.2) is 13.4 Å². The summed E-state index contributed by atoms with van der Waals surface area (Å²) in [7, 11) is -8.03. The van der Waals surface area contributed by atoms with Gasteiger partial charge in [0.2, 0.25) is 0 Å². The van der Waals surface area contributed by atoms with Crippen molar-refractivity contribution in [3.63, 3.8) is 0 Å². The van der Waals surface area contributed by atoms with Gasteiger partial charge in [0.15, 0.2) is 5.03 Å². The Morgan fingerprint density at radius 3 is 1.71 bits per heavy atom. The lowest BCUT2D eigenvalue weighted by Gasteiger charge is -2.16. The number of hydrogen-bond acceptors (Lipinski definition) is 9. The van der Waals surface area contributed by atoms with E-state index in [0.29, 0.717) is 28.3 Å². The molecule has 2 N–H and O–H groups in total. The first-order valence-corrected chi connectivity index (χ1v) is 20.1. The highest BCUT2D eigenvalue weighted by Crippen LogP contribution is 2.40. The van der Waals surface area contributed by atoms with Gasteiger partial charge in [-0.2, -0.15) is 21.6 Å². The van der Waals surface area contributed by atoms with Crippen molar-refractivity contribution < 1.29 is 39.5 Å². The number of aryl methyl sites for hydroxylation is 2. The lowest BCUT2D eigenvalue weighted by atomic mass is 10.1. The number of nitrogens with one attached hydrogen (secondary N) is 2. The van der Waals surface area contributed by atoms with Crippen LogP contribution in [0.15, 0.2) is 120 Å². The van der Waals surface area contributed by atoms with Gasteiger partial charge < -0.3 is 9.47 Å². The number of alkyl halides is 3. The third-order valence-electron chi connectivity index (χ3n) is 7.12. The fraction of sp³-hybridized carbons (Fsp3) is 0.0833. The molecule has 6 aromatic rings. The number of hydrogen-bond donors (Lipinski definition) is 2. The van der Waals surface area contributed by atoms with Crippen molar-refractivity contribution in [2.45, 2.75) is 29.9 Å². The average molecular weight is 888 g/mol. The fourth-order valence-corrected chi connectivity index (χ4v) is 7.74. The number of nitrogens with zero attached hydrogens (tertiary/aromatic N) is 3. The van der Waals surface area contributed by atoms with Crippen LogP contribution in [0.1, 0.15) is 16.7 Å². The SMILES string of the molecule is Cc1ccc(S(=O)(=O)Nc2ccc(Oc3cncc(Cl)c3)c(C)c2)nc1.O=S(=O)(Nc1ccc(Oc2cncc(Cl)c2)c(C(F)(F)F)c1)c1ccc(Cl)cc1Cl. The third kappa shape index (κ3) is 11.4. The summed E-state index contributed by atoms with van der Waals surface area (Å²) in [4.78, 5) is 11.3. The zero-order valence-corrected chi connectivity index (χ0v) is 33.3. The quantitative estimate of drug-likeness (QED) is 0.137. The largest absolute Gasteiger partial charge is 0.455 e. The van der Waals surface area contributed by atoms with Gasteiger partial charge in [-0.1, -0.05) is 52.5 Å². The van der Waals surface area contributed by atoms with Gasteiger partial charge in [-0.05, 0) is 85.6 Å². The Morgan fingerprint density at radius 2 is 1.18 bits per heavy atom. The molecule has 292 valence electrons. The second kappa shape index (κ2) is 17.5. The molecule has 3 aromatic heterocycles. The Hall–Kier alpha value is -4.84. The number of pyridine rings is 3. The number of anilines is 2. The Bertz CT molecular complexity index is 2600. The van der Waals surface area contributed by atoms with E-state index >= 15 is 0 Å². The minimum atomic E-state index is -4.83. The average Bonchev–Trinajstić information content (AvgIpc) is 3.10. The zero-order chi connectivity index (χ0) is 40.8. The minimum Gasteiger partial charge on any atom is -0.455 e. The van der Waals surface area contributed by atoms with Crippen molar-refractivity contribution in [2.75, 3.05) is 9.44 Å². The summed E-state index contributed by atoms with van der Waals surface area (Å²) in [6, 6.07) is 17.4. The van der Waals surface area contributed by atoms with Crippen molar-refractivity contribution in [3.8, 4) is 23.0 Å². The predicted octanol–water partition coefficient (Wildman–Crippen LogP) is 11.0. The van der Waals surface area contributed by atoms with E-state index in [2.05, 4.69) is 24.4 Å². The van der Waals surface area contributed by atoms with Gasteiger partial charge in [0.25, 0.3) is 20.0 Å². The molecule has 0 aliphatic carbocycles. The van der Waals surface area contributed by atoms with E-state index in [1.165, 1.54) is 49.1 Å². The molecular weight excluding hydrogens is 861 g/mol. The number of aromatic nitrogens is 3. The van der Waals surface area contributed by atoms with Crippen LogP contribution in [-0.4, -0.2) is 31.8 Å². The normalized spacial score (nSPS) is 11.6.